The molecular formula is C21H21NO4S2. The summed E-state index contributed by atoms with van der Waals surface area (Å²) in [7, 11) is 3.32. The fourth-order valence-corrected chi connectivity index (χ4v) is 3.65. The van der Waals surface area contributed by atoms with Crippen LogP contribution in [0.3, 0.4) is 0 Å². The average molecular weight is 416 g/mol. The molecule has 0 bridgehead atoms. The number of nitrogens with zero attached hydrogens (tertiary/aromatic N) is 1. The van der Waals surface area contributed by atoms with Gasteiger partial charge in [0.05, 0.1) is 25.2 Å². The van der Waals surface area contributed by atoms with E-state index in [1.54, 1.807) is 14.2 Å². The lowest BCUT2D eigenvalue weighted by Crippen LogP contribution is -2.22. The third-order valence-electron chi connectivity index (χ3n) is 4.05. The van der Waals surface area contributed by atoms with Crippen molar-refractivity contribution in [2.45, 2.75) is 6.42 Å². The maximum atomic E-state index is 12.0. The summed E-state index contributed by atoms with van der Waals surface area (Å²) in [6.07, 6.45) is 2.61. The van der Waals surface area contributed by atoms with Gasteiger partial charge in [0.15, 0.2) is 0 Å². The number of likely N-dealkylation sites (N-methyl/N-ethyl adjacent to an activating group) is 1. The first-order valence-electron chi connectivity index (χ1n) is 8.78. The summed E-state index contributed by atoms with van der Waals surface area (Å²) >= 11 is 6.45. The summed E-state index contributed by atoms with van der Waals surface area (Å²) < 4.78 is 17.1. The number of methoxy groups -OCH3 is 1. The third-order valence-corrected chi connectivity index (χ3v) is 5.53. The molecule has 146 valence electrons. The van der Waals surface area contributed by atoms with Gasteiger partial charge in [0.1, 0.15) is 21.6 Å². The molecule has 7 heteroatoms. The predicted molar refractivity (Wildman–Crippen MR) is 116 cm³/mol. The summed E-state index contributed by atoms with van der Waals surface area (Å²) in [4.78, 5) is 14.2. The number of benzene rings is 2. The van der Waals surface area contributed by atoms with Crippen LogP contribution in [-0.4, -0.2) is 42.5 Å². The Balaban J connectivity index is 1.42. The molecule has 2 aromatic rings. The molecule has 1 aliphatic heterocycles. The molecule has 0 aliphatic carbocycles. The summed E-state index contributed by atoms with van der Waals surface area (Å²) in [5.41, 5.74) is 0.934. The van der Waals surface area contributed by atoms with Crippen LogP contribution in [-0.2, 0) is 4.79 Å². The van der Waals surface area contributed by atoms with E-state index in [2.05, 4.69) is 0 Å². The van der Waals surface area contributed by atoms with E-state index in [1.807, 2.05) is 54.6 Å². The molecule has 3 rings (SSSR count). The van der Waals surface area contributed by atoms with E-state index in [9.17, 15) is 4.79 Å². The van der Waals surface area contributed by atoms with E-state index >= 15 is 0 Å². The Morgan fingerprint density at radius 3 is 2.00 bits per heavy atom. The quantitative estimate of drug-likeness (QED) is 0.362. The third kappa shape index (κ3) is 5.27. The van der Waals surface area contributed by atoms with Crippen LogP contribution in [0.2, 0.25) is 0 Å². The van der Waals surface area contributed by atoms with Crippen molar-refractivity contribution in [2.24, 2.45) is 0 Å². The second-order valence-electron chi connectivity index (χ2n) is 6.04. The van der Waals surface area contributed by atoms with Crippen molar-refractivity contribution in [3.05, 3.63) is 59.0 Å². The summed E-state index contributed by atoms with van der Waals surface area (Å²) in [5, 5.41) is 0. The highest BCUT2D eigenvalue weighted by Crippen LogP contribution is 2.31. The number of rotatable bonds is 8. The van der Waals surface area contributed by atoms with Crippen molar-refractivity contribution >= 4 is 40.3 Å². The summed E-state index contributed by atoms with van der Waals surface area (Å²) in [5.74, 6) is 2.33. The van der Waals surface area contributed by atoms with E-state index < -0.39 is 0 Å². The lowest BCUT2D eigenvalue weighted by atomic mass is 10.2. The van der Waals surface area contributed by atoms with Gasteiger partial charge in [0.2, 0.25) is 0 Å². The number of hydrogen-bond acceptors (Lipinski definition) is 6. The zero-order chi connectivity index (χ0) is 19.9. The Kier molecular flexibility index (Phi) is 6.95. The van der Waals surface area contributed by atoms with Gasteiger partial charge >= 0.3 is 0 Å². The minimum Gasteiger partial charge on any atom is -0.497 e. The van der Waals surface area contributed by atoms with Crippen molar-refractivity contribution in [1.29, 1.82) is 0 Å². The van der Waals surface area contributed by atoms with Crippen molar-refractivity contribution < 1.29 is 19.0 Å². The smallest absolute Gasteiger partial charge is 0.265 e. The molecule has 0 atom stereocenters. The largest absolute Gasteiger partial charge is 0.497 e. The second-order valence-corrected chi connectivity index (χ2v) is 7.71. The van der Waals surface area contributed by atoms with Gasteiger partial charge in [0.25, 0.3) is 5.91 Å². The summed E-state index contributed by atoms with van der Waals surface area (Å²) in [6, 6.07) is 15.1. The van der Waals surface area contributed by atoms with Crippen LogP contribution in [0.5, 0.6) is 17.2 Å². The van der Waals surface area contributed by atoms with Crippen molar-refractivity contribution in [3.63, 3.8) is 0 Å². The van der Waals surface area contributed by atoms with E-state index in [4.69, 9.17) is 26.4 Å². The Hall–Kier alpha value is -2.51. The molecule has 0 unspecified atom stereocenters. The number of thioether (sulfide) groups is 1. The van der Waals surface area contributed by atoms with Crippen LogP contribution in [0.4, 0.5) is 0 Å². The molecule has 0 aromatic heterocycles. The zero-order valence-corrected chi connectivity index (χ0v) is 17.3. The van der Waals surface area contributed by atoms with Gasteiger partial charge in [-0.1, -0.05) is 36.1 Å². The average Bonchev–Trinajstić information content (AvgIpc) is 2.96. The van der Waals surface area contributed by atoms with Gasteiger partial charge in [-0.2, -0.15) is 0 Å². The number of thiocarbonyl (C=S) groups is 1. The maximum Gasteiger partial charge on any atom is 0.265 e. The van der Waals surface area contributed by atoms with Gasteiger partial charge < -0.3 is 14.2 Å². The lowest BCUT2D eigenvalue weighted by molar-refractivity contribution is -0.121. The van der Waals surface area contributed by atoms with E-state index in [1.165, 1.54) is 16.7 Å². The molecule has 1 aliphatic rings. The number of ether oxygens (including phenoxy) is 3. The van der Waals surface area contributed by atoms with Crippen molar-refractivity contribution in [1.82, 2.24) is 4.90 Å². The van der Waals surface area contributed by atoms with Crippen LogP contribution in [0.15, 0.2) is 53.4 Å². The Bertz CT molecular complexity index is 863. The molecule has 2 aromatic carbocycles. The molecule has 1 heterocycles. The molecule has 1 amide bonds. The van der Waals surface area contributed by atoms with Gasteiger partial charge in [-0.3, -0.25) is 9.69 Å². The molecule has 0 N–H and O–H groups in total. The first-order valence-corrected chi connectivity index (χ1v) is 10.0. The fraction of sp³-hybridized carbons (Fsp3) is 0.238. The van der Waals surface area contributed by atoms with E-state index in [0.29, 0.717) is 22.4 Å². The number of carbonyl (C=O) groups is 1. The fourth-order valence-electron chi connectivity index (χ4n) is 2.47. The van der Waals surface area contributed by atoms with Crippen LogP contribution in [0.1, 0.15) is 12.0 Å². The van der Waals surface area contributed by atoms with Crippen LogP contribution in [0.25, 0.3) is 6.08 Å². The van der Waals surface area contributed by atoms with Crippen LogP contribution >= 0.6 is 24.0 Å². The molecule has 1 fully saturated rings. The highest BCUT2D eigenvalue weighted by molar-refractivity contribution is 8.26. The van der Waals surface area contributed by atoms with Gasteiger partial charge in [-0.05, 0) is 48.0 Å². The van der Waals surface area contributed by atoms with Gasteiger partial charge in [0, 0.05) is 13.5 Å². The number of amides is 1. The normalized spacial score (nSPS) is 15.2. The lowest BCUT2D eigenvalue weighted by Gasteiger charge is -2.09. The Morgan fingerprint density at radius 2 is 1.50 bits per heavy atom. The molecule has 0 spiro atoms. The predicted octanol–water partition coefficient (Wildman–Crippen LogP) is 4.37. The number of carbonyl (C=O) groups excluding carboxylic acids is 1. The molecule has 28 heavy (non-hydrogen) atoms. The van der Waals surface area contributed by atoms with E-state index in [0.717, 1.165) is 29.2 Å². The maximum absolute atomic E-state index is 12.0. The zero-order valence-electron chi connectivity index (χ0n) is 15.7. The first-order chi connectivity index (χ1) is 13.6. The Labute approximate surface area is 174 Å². The minimum absolute atomic E-state index is 0.0628. The van der Waals surface area contributed by atoms with Crippen molar-refractivity contribution in [3.8, 4) is 17.2 Å². The monoisotopic (exact) mass is 415 g/mol. The molecule has 0 saturated carbocycles. The van der Waals surface area contributed by atoms with Gasteiger partial charge in [-0.15, -0.1) is 0 Å². The SMILES string of the molecule is COc1ccc(OCCCOc2ccc(/C=C3/SC(=S)N(C)C3=O)cc2)cc1. The standard InChI is InChI=1S/C21H21NO4S2/c1-22-20(23)19(28-21(22)27)14-15-4-6-17(7-5-15)25-12-3-13-26-18-10-8-16(24-2)9-11-18/h4-11,14H,3,12-13H2,1-2H3/b19-14+. The number of hydrogen-bond donors (Lipinski definition) is 0. The topological polar surface area (TPSA) is 48.0 Å². The minimum atomic E-state index is -0.0628. The highest BCUT2D eigenvalue weighted by atomic mass is 32.2. The molecule has 5 nitrogen and oxygen atoms in total. The molecule has 1 saturated heterocycles. The van der Waals surface area contributed by atoms with Gasteiger partial charge in [-0.25, -0.2) is 0 Å². The summed E-state index contributed by atoms with van der Waals surface area (Å²) in [6.45, 7) is 1.13. The molecular weight excluding hydrogens is 394 g/mol. The van der Waals surface area contributed by atoms with Crippen LogP contribution in [0, 0.1) is 0 Å². The first kappa shape index (κ1) is 20.2. The Morgan fingerprint density at radius 1 is 0.964 bits per heavy atom. The second kappa shape index (κ2) is 9.61. The highest BCUT2D eigenvalue weighted by Gasteiger charge is 2.28. The molecule has 0 radical (unpaired) electrons. The van der Waals surface area contributed by atoms with E-state index in [-0.39, 0.29) is 5.91 Å². The van der Waals surface area contributed by atoms with Crippen molar-refractivity contribution in [2.75, 3.05) is 27.4 Å². The van der Waals surface area contributed by atoms with Crippen LogP contribution < -0.4 is 14.2 Å².